The average Bonchev–Trinajstić information content (AvgIpc) is 3.21. The lowest BCUT2D eigenvalue weighted by Gasteiger charge is -2.33. The molecule has 2 heterocycles. The van der Waals surface area contributed by atoms with Gasteiger partial charge in [-0.25, -0.2) is 4.79 Å². The summed E-state index contributed by atoms with van der Waals surface area (Å²) in [6.45, 7) is 2.41. The molecular weight excluding hydrogens is 420 g/mol. The first kappa shape index (κ1) is 20.2. The second-order valence-corrected chi connectivity index (χ2v) is 9.06. The maximum absolute atomic E-state index is 13.0. The van der Waals surface area contributed by atoms with Crippen molar-refractivity contribution < 1.29 is 9.59 Å². The third-order valence-corrected chi connectivity index (χ3v) is 6.60. The number of benzene rings is 3. The third kappa shape index (κ3) is 3.94. The summed E-state index contributed by atoms with van der Waals surface area (Å²) in [5.41, 5.74) is 4.16. The molecule has 0 bridgehead atoms. The summed E-state index contributed by atoms with van der Waals surface area (Å²) in [6.07, 6.45) is 1.77. The Balaban J connectivity index is 1.38. The van der Waals surface area contributed by atoms with E-state index in [9.17, 15) is 9.59 Å². The highest BCUT2D eigenvalue weighted by molar-refractivity contribution is 8.01. The molecule has 4 aromatic rings. The second kappa shape index (κ2) is 8.43. The molecule has 0 fully saturated rings. The number of hydrogen-bond donors (Lipinski definition) is 3. The van der Waals surface area contributed by atoms with Crippen LogP contribution in [0, 0.1) is 0 Å². The molecule has 1 aliphatic heterocycles. The zero-order chi connectivity index (χ0) is 22.1. The lowest BCUT2D eigenvalue weighted by atomic mass is 10.1. The third-order valence-electron chi connectivity index (χ3n) is 5.45. The zero-order valence-corrected chi connectivity index (χ0v) is 18.3. The van der Waals surface area contributed by atoms with Crippen LogP contribution >= 0.6 is 11.8 Å². The van der Waals surface area contributed by atoms with Crippen LogP contribution in [-0.2, 0) is 11.3 Å². The number of H-pyrrole nitrogens is 1. The molecular formula is C25H22N4O2S. The predicted molar refractivity (Wildman–Crippen MR) is 130 cm³/mol. The summed E-state index contributed by atoms with van der Waals surface area (Å²) in [6, 6.07) is 23.0. The van der Waals surface area contributed by atoms with Crippen LogP contribution in [0.15, 0.2) is 83.9 Å². The van der Waals surface area contributed by atoms with Crippen molar-refractivity contribution in [3.63, 3.8) is 0 Å². The molecule has 0 aliphatic carbocycles. The molecule has 3 aromatic carbocycles. The van der Waals surface area contributed by atoms with Gasteiger partial charge in [0.05, 0.1) is 23.2 Å². The van der Waals surface area contributed by atoms with Crippen molar-refractivity contribution in [3.05, 3.63) is 84.6 Å². The fourth-order valence-corrected chi connectivity index (χ4v) is 4.92. The van der Waals surface area contributed by atoms with Crippen LogP contribution in [0.5, 0.6) is 0 Å². The summed E-state index contributed by atoms with van der Waals surface area (Å²) in [5, 5.41) is 6.57. The number of carbonyl (C=O) groups is 2. The predicted octanol–water partition coefficient (Wildman–Crippen LogP) is 5.84. The molecule has 1 aliphatic rings. The molecule has 3 N–H and O–H groups in total. The largest absolute Gasteiger partial charge is 0.359 e. The van der Waals surface area contributed by atoms with Crippen LogP contribution in [0.25, 0.3) is 10.9 Å². The number of aromatic nitrogens is 1. The Bertz CT molecular complexity index is 1300. The van der Waals surface area contributed by atoms with Crippen LogP contribution in [0.2, 0.25) is 0 Å². The van der Waals surface area contributed by atoms with E-state index in [1.165, 1.54) is 0 Å². The monoisotopic (exact) mass is 442 g/mol. The molecule has 0 saturated carbocycles. The first-order valence-corrected chi connectivity index (χ1v) is 11.3. The van der Waals surface area contributed by atoms with Crippen LogP contribution < -0.4 is 15.5 Å². The number of para-hydroxylation sites is 1. The maximum Gasteiger partial charge on any atom is 0.323 e. The highest BCUT2D eigenvalue weighted by Gasteiger charge is 2.31. The molecule has 32 heavy (non-hydrogen) atoms. The van der Waals surface area contributed by atoms with Crippen molar-refractivity contribution in [3.8, 4) is 0 Å². The topological polar surface area (TPSA) is 77.2 Å². The Morgan fingerprint density at radius 3 is 2.66 bits per heavy atom. The molecule has 6 nitrogen and oxygen atoms in total. The van der Waals surface area contributed by atoms with E-state index in [-0.39, 0.29) is 17.2 Å². The van der Waals surface area contributed by atoms with Crippen LogP contribution in [0.4, 0.5) is 21.9 Å². The summed E-state index contributed by atoms with van der Waals surface area (Å²) >= 11 is 1.54. The standard InChI is InChI=1S/C25H22N4O2S/c1-16-24(30)29(15-17-7-3-2-4-8-17)22-13-18(11-12-23(22)32-16)27-25(31)28-21-14-26-20-10-6-5-9-19(20)21/h2-14,16,26H,15H2,1H3,(H2,27,28,31). The van der Waals surface area contributed by atoms with Crippen LogP contribution in [0.3, 0.4) is 0 Å². The summed E-state index contributed by atoms with van der Waals surface area (Å²) in [4.78, 5) is 31.6. The van der Waals surface area contributed by atoms with Crippen molar-refractivity contribution in [2.75, 3.05) is 15.5 Å². The van der Waals surface area contributed by atoms with Crippen molar-refractivity contribution in [1.29, 1.82) is 0 Å². The number of amides is 3. The summed E-state index contributed by atoms with van der Waals surface area (Å²) in [7, 11) is 0. The summed E-state index contributed by atoms with van der Waals surface area (Å²) in [5.74, 6) is 0.0618. The Labute approximate surface area is 190 Å². The Morgan fingerprint density at radius 2 is 1.81 bits per heavy atom. The minimum atomic E-state index is -0.340. The molecule has 3 amide bonds. The lowest BCUT2D eigenvalue weighted by Crippen LogP contribution is -2.39. The van der Waals surface area contributed by atoms with Gasteiger partial charge in [-0.1, -0.05) is 48.5 Å². The van der Waals surface area contributed by atoms with Gasteiger partial charge in [0.25, 0.3) is 0 Å². The van der Waals surface area contributed by atoms with E-state index in [0.29, 0.717) is 17.9 Å². The van der Waals surface area contributed by atoms with E-state index in [4.69, 9.17) is 0 Å². The number of fused-ring (bicyclic) bond motifs is 2. The molecule has 5 rings (SSSR count). The quantitative estimate of drug-likeness (QED) is 0.372. The molecule has 7 heteroatoms. The van der Waals surface area contributed by atoms with E-state index < -0.39 is 0 Å². The minimum Gasteiger partial charge on any atom is -0.359 e. The summed E-state index contributed by atoms with van der Waals surface area (Å²) < 4.78 is 0. The maximum atomic E-state index is 13.0. The highest BCUT2D eigenvalue weighted by Crippen LogP contribution is 2.41. The van der Waals surface area contributed by atoms with Crippen molar-refractivity contribution in [2.24, 2.45) is 0 Å². The molecule has 0 spiro atoms. The van der Waals surface area contributed by atoms with Crippen LogP contribution in [-0.4, -0.2) is 22.2 Å². The zero-order valence-electron chi connectivity index (χ0n) is 17.5. The SMILES string of the molecule is CC1Sc2ccc(NC(=O)Nc3c[nH]c4ccccc34)cc2N(Cc2ccccc2)C1=O. The van der Waals surface area contributed by atoms with Gasteiger partial charge >= 0.3 is 6.03 Å². The fourth-order valence-electron chi connectivity index (χ4n) is 3.87. The second-order valence-electron chi connectivity index (χ2n) is 7.68. The number of anilines is 3. The van der Waals surface area contributed by atoms with Crippen LogP contribution in [0.1, 0.15) is 12.5 Å². The van der Waals surface area contributed by atoms with E-state index in [2.05, 4.69) is 15.6 Å². The Morgan fingerprint density at radius 1 is 1.03 bits per heavy atom. The fraction of sp³-hybridized carbons (Fsp3) is 0.120. The number of carbonyl (C=O) groups excluding carboxylic acids is 2. The van der Waals surface area contributed by atoms with Gasteiger partial charge in [-0.15, -0.1) is 11.8 Å². The van der Waals surface area contributed by atoms with Gasteiger partial charge in [-0.05, 0) is 36.8 Å². The minimum absolute atomic E-state index is 0.0618. The molecule has 0 saturated heterocycles. The van der Waals surface area contributed by atoms with E-state index in [1.54, 1.807) is 22.9 Å². The highest BCUT2D eigenvalue weighted by atomic mass is 32.2. The number of rotatable bonds is 4. The molecule has 1 unspecified atom stereocenters. The molecule has 0 radical (unpaired) electrons. The number of aromatic amines is 1. The van der Waals surface area contributed by atoms with Gasteiger partial charge in [0, 0.05) is 27.7 Å². The van der Waals surface area contributed by atoms with Gasteiger partial charge in [0.15, 0.2) is 0 Å². The number of nitrogens with zero attached hydrogens (tertiary/aromatic N) is 1. The van der Waals surface area contributed by atoms with E-state index in [0.717, 1.165) is 27.0 Å². The lowest BCUT2D eigenvalue weighted by molar-refractivity contribution is -0.118. The first-order chi connectivity index (χ1) is 15.6. The number of urea groups is 1. The molecule has 1 aromatic heterocycles. The normalized spacial score (nSPS) is 15.5. The van der Waals surface area contributed by atoms with Crippen molar-refractivity contribution in [1.82, 2.24) is 4.98 Å². The van der Waals surface area contributed by atoms with Crippen molar-refractivity contribution >= 4 is 51.7 Å². The van der Waals surface area contributed by atoms with Gasteiger partial charge in [-0.2, -0.15) is 0 Å². The Hall–Kier alpha value is -3.71. The number of hydrogen-bond acceptors (Lipinski definition) is 3. The first-order valence-electron chi connectivity index (χ1n) is 10.4. The smallest absolute Gasteiger partial charge is 0.323 e. The number of thioether (sulfide) groups is 1. The van der Waals surface area contributed by atoms with E-state index in [1.807, 2.05) is 79.7 Å². The average molecular weight is 443 g/mol. The number of nitrogens with one attached hydrogen (secondary N) is 3. The molecule has 1 atom stereocenters. The van der Waals surface area contributed by atoms with Gasteiger partial charge in [0.1, 0.15) is 0 Å². The molecule has 160 valence electrons. The van der Waals surface area contributed by atoms with Crippen molar-refractivity contribution in [2.45, 2.75) is 23.6 Å². The van der Waals surface area contributed by atoms with Gasteiger partial charge < -0.3 is 20.5 Å². The van der Waals surface area contributed by atoms with Gasteiger partial charge in [-0.3, -0.25) is 4.79 Å². The Kier molecular flexibility index (Phi) is 5.33. The van der Waals surface area contributed by atoms with E-state index >= 15 is 0 Å². The van der Waals surface area contributed by atoms with Gasteiger partial charge in [0.2, 0.25) is 5.91 Å².